The van der Waals surface area contributed by atoms with Gasteiger partial charge in [0.25, 0.3) is 0 Å². The lowest BCUT2D eigenvalue weighted by Gasteiger charge is -2.37. The van der Waals surface area contributed by atoms with E-state index in [0.717, 1.165) is 23.7 Å². The van der Waals surface area contributed by atoms with Gasteiger partial charge in [-0.25, -0.2) is 0 Å². The number of nitrogens with one attached hydrogen (secondary N) is 1. The molecule has 2 heterocycles. The minimum Gasteiger partial charge on any atom is -0.363 e. The minimum absolute atomic E-state index is 0.456. The monoisotopic (exact) mass is 335 g/mol. The van der Waals surface area contributed by atoms with Gasteiger partial charge in [-0.2, -0.15) is 16.9 Å². The van der Waals surface area contributed by atoms with Gasteiger partial charge in [0.1, 0.15) is 0 Å². The summed E-state index contributed by atoms with van der Waals surface area (Å²) in [5.74, 6) is 3.18. The van der Waals surface area contributed by atoms with Crippen molar-refractivity contribution in [2.45, 2.75) is 24.8 Å². The third kappa shape index (κ3) is 2.59. The molecule has 3 nitrogen and oxygen atoms in total. The van der Waals surface area contributed by atoms with Crippen molar-refractivity contribution < 1.29 is 0 Å². The molecule has 1 saturated carbocycles. The first-order valence-electron chi connectivity index (χ1n) is 8.76. The van der Waals surface area contributed by atoms with E-state index in [2.05, 4.69) is 69.3 Å². The van der Waals surface area contributed by atoms with E-state index in [1.807, 2.05) is 6.20 Å². The molecule has 2 aromatic carbocycles. The number of hydrogen-bond acceptors (Lipinski definition) is 3. The predicted molar refractivity (Wildman–Crippen MR) is 102 cm³/mol. The van der Waals surface area contributed by atoms with Crippen LogP contribution < -0.4 is 4.90 Å². The quantitative estimate of drug-likeness (QED) is 0.750. The van der Waals surface area contributed by atoms with Crippen LogP contribution in [-0.2, 0) is 0 Å². The molecule has 0 amide bonds. The van der Waals surface area contributed by atoms with Crippen molar-refractivity contribution in [3.63, 3.8) is 0 Å². The summed E-state index contributed by atoms with van der Waals surface area (Å²) in [5, 5.41) is 8.42. The molecule has 1 saturated heterocycles. The van der Waals surface area contributed by atoms with Crippen LogP contribution in [0.25, 0.3) is 10.9 Å². The van der Waals surface area contributed by atoms with E-state index in [-0.39, 0.29) is 0 Å². The van der Waals surface area contributed by atoms with Crippen LogP contribution in [0.2, 0.25) is 0 Å². The first-order chi connectivity index (χ1) is 11.9. The van der Waals surface area contributed by atoms with Crippen molar-refractivity contribution in [3.8, 4) is 0 Å². The van der Waals surface area contributed by atoms with Crippen LogP contribution in [0.3, 0.4) is 0 Å². The van der Waals surface area contributed by atoms with Crippen LogP contribution in [0.5, 0.6) is 0 Å². The van der Waals surface area contributed by atoms with Gasteiger partial charge in [-0.05, 0) is 48.1 Å². The highest BCUT2D eigenvalue weighted by Crippen LogP contribution is 2.41. The number of aromatic nitrogens is 2. The Bertz CT molecular complexity index is 851. The van der Waals surface area contributed by atoms with E-state index in [0.29, 0.717) is 6.04 Å². The van der Waals surface area contributed by atoms with Gasteiger partial charge < -0.3 is 4.90 Å². The molecule has 1 atom stereocenters. The first kappa shape index (κ1) is 14.4. The molecule has 4 heteroatoms. The van der Waals surface area contributed by atoms with Crippen molar-refractivity contribution >= 4 is 28.4 Å². The Morgan fingerprint density at radius 3 is 2.71 bits per heavy atom. The number of hydrogen-bond donors (Lipinski definition) is 1. The normalized spacial score (nSPS) is 21.3. The highest BCUT2D eigenvalue weighted by molar-refractivity contribution is 7.99. The Labute approximate surface area is 146 Å². The summed E-state index contributed by atoms with van der Waals surface area (Å²) in [6, 6.07) is 16.5. The molecule has 1 N–H and O–H groups in total. The van der Waals surface area contributed by atoms with E-state index < -0.39 is 0 Å². The van der Waals surface area contributed by atoms with E-state index in [1.54, 1.807) is 0 Å². The molecule has 1 aliphatic carbocycles. The Kier molecular flexibility index (Phi) is 3.51. The number of nitrogens with zero attached hydrogens (tertiary/aromatic N) is 2. The van der Waals surface area contributed by atoms with Crippen LogP contribution in [0.4, 0.5) is 5.69 Å². The summed E-state index contributed by atoms with van der Waals surface area (Å²) in [4.78, 5) is 2.56. The largest absolute Gasteiger partial charge is 0.363 e. The third-order valence-corrected chi connectivity index (χ3v) is 6.28. The molecule has 1 unspecified atom stereocenters. The van der Waals surface area contributed by atoms with Gasteiger partial charge in [0, 0.05) is 29.1 Å². The zero-order valence-electron chi connectivity index (χ0n) is 13.6. The fourth-order valence-electron chi connectivity index (χ4n) is 3.70. The van der Waals surface area contributed by atoms with Crippen LogP contribution in [0.15, 0.2) is 48.7 Å². The molecular formula is C20H21N3S. The second kappa shape index (κ2) is 5.85. The number of anilines is 1. The molecule has 0 spiro atoms. The minimum atomic E-state index is 0.456. The molecule has 122 valence electrons. The molecular weight excluding hydrogens is 314 g/mol. The molecule has 5 rings (SSSR count). The molecule has 2 fully saturated rings. The highest BCUT2D eigenvalue weighted by Gasteiger charge is 2.27. The second-order valence-corrected chi connectivity index (χ2v) is 8.02. The van der Waals surface area contributed by atoms with Gasteiger partial charge in [-0.1, -0.05) is 24.3 Å². The molecule has 1 aromatic heterocycles. The predicted octanol–water partition coefficient (Wildman–Crippen LogP) is 4.73. The van der Waals surface area contributed by atoms with Crippen LogP contribution in [0, 0.1) is 0 Å². The maximum atomic E-state index is 4.15. The number of benzene rings is 2. The molecule has 3 aromatic rings. The van der Waals surface area contributed by atoms with Gasteiger partial charge in [0.15, 0.2) is 0 Å². The van der Waals surface area contributed by atoms with Gasteiger partial charge in [0.2, 0.25) is 0 Å². The van der Waals surface area contributed by atoms with Crippen molar-refractivity contribution in [2.75, 3.05) is 23.0 Å². The standard InChI is InChI=1S/C20H21N3S/c1-2-14(1)15-3-5-16(6-4-15)20-13-24-10-9-23(20)18-8-7-17-12-21-22-19(17)11-18/h3-8,11-12,14,20H,1-2,9-10,13H2,(H,21,22). The Morgan fingerprint density at radius 1 is 1.04 bits per heavy atom. The zero-order chi connectivity index (χ0) is 15.9. The lowest BCUT2D eigenvalue weighted by molar-refractivity contribution is 0.686. The molecule has 2 aliphatic rings. The lowest BCUT2D eigenvalue weighted by atomic mass is 10.0. The van der Waals surface area contributed by atoms with Gasteiger partial charge in [-0.3, -0.25) is 5.10 Å². The summed E-state index contributed by atoms with van der Waals surface area (Å²) in [5.41, 5.74) is 5.38. The molecule has 0 bridgehead atoms. The van der Waals surface area contributed by atoms with Crippen molar-refractivity contribution in [2.24, 2.45) is 0 Å². The number of aromatic amines is 1. The van der Waals surface area contributed by atoms with Crippen LogP contribution >= 0.6 is 11.8 Å². The van der Waals surface area contributed by atoms with Gasteiger partial charge in [0.05, 0.1) is 17.8 Å². The van der Waals surface area contributed by atoms with Crippen molar-refractivity contribution in [1.82, 2.24) is 10.2 Å². The number of thioether (sulfide) groups is 1. The van der Waals surface area contributed by atoms with Gasteiger partial charge >= 0.3 is 0 Å². The van der Waals surface area contributed by atoms with E-state index >= 15 is 0 Å². The Balaban J connectivity index is 1.47. The van der Waals surface area contributed by atoms with Gasteiger partial charge in [-0.15, -0.1) is 0 Å². The van der Waals surface area contributed by atoms with E-state index in [9.17, 15) is 0 Å². The molecule has 1 aliphatic heterocycles. The SMILES string of the molecule is c1cc(C2CSCCN2c2ccc3cn[nH]c3c2)ccc1C1CC1. The third-order valence-electron chi connectivity index (χ3n) is 5.26. The Morgan fingerprint density at radius 2 is 1.88 bits per heavy atom. The second-order valence-electron chi connectivity index (χ2n) is 6.87. The summed E-state index contributed by atoms with van der Waals surface area (Å²) in [6.07, 6.45) is 4.63. The summed E-state index contributed by atoms with van der Waals surface area (Å²) < 4.78 is 0. The molecule has 0 radical (unpaired) electrons. The lowest BCUT2D eigenvalue weighted by Crippen LogP contribution is -2.36. The smallest absolute Gasteiger partial charge is 0.0670 e. The first-order valence-corrected chi connectivity index (χ1v) is 9.91. The van der Waals surface area contributed by atoms with Crippen molar-refractivity contribution in [3.05, 3.63) is 59.8 Å². The number of rotatable bonds is 3. The highest BCUT2D eigenvalue weighted by atomic mass is 32.2. The zero-order valence-corrected chi connectivity index (χ0v) is 14.4. The topological polar surface area (TPSA) is 31.9 Å². The molecule has 24 heavy (non-hydrogen) atoms. The average Bonchev–Trinajstić information content (AvgIpc) is 3.39. The van der Waals surface area contributed by atoms with Crippen molar-refractivity contribution in [1.29, 1.82) is 0 Å². The Hall–Kier alpha value is -1.94. The maximum absolute atomic E-state index is 4.15. The average molecular weight is 335 g/mol. The summed E-state index contributed by atoms with van der Waals surface area (Å²) >= 11 is 2.06. The fraction of sp³-hybridized carbons (Fsp3) is 0.350. The van der Waals surface area contributed by atoms with Crippen LogP contribution in [-0.4, -0.2) is 28.2 Å². The van der Waals surface area contributed by atoms with E-state index in [4.69, 9.17) is 0 Å². The number of fused-ring (bicyclic) bond motifs is 1. The summed E-state index contributed by atoms with van der Waals surface area (Å²) in [7, 11) is 0. The fourth-order valence-corrected chi connectivity index (χ4v) is 4.79. The summed E-state index contributed by atoms with van der Waals surface area (Å²) in [6.45, 7) is 1.10. The maximum Gasteiger partial charge on any atom is 0.0670 e. The van der Waals surface area contributed by atoms with E-state index in [1.165, 1.54) is 40.8 Å². The number of H-pyrrole nitrogens is 1. The van der Waals surface area contributed by atoms with Crippen LogP contribution in [0.1, 0.15) is 35.9 Å².